The van der Waals surface area contributed by atoms with Gasteiger partial charge in [-0.15, -0.1) is 0 Å². The van der Waals surface area contributed by atoms with Crippen LogP contribution in [-0.4, -0.2) is 6.66 Å². The van der Waals surface area contributed by atoms with Crippen molar-refractivity contribution in [2.75, 3.05) is 6.66 Å². The number of rotatable bonds is 3. The second kappa shape index (κ2) is 6.07. The first kappa shape index (κ1) is 15.0. The quantitative estimate of drug-likeness (QED) is 0.635. The van der Waals surface area contributed by atoms with Crippen molar-refractivity contribution in [3.63, 3.8) is 0 Å². The molecule has 0 N–H and O–H groups in total. The van der Waals surface area contributed by atoms with E-state index in [1.165, 1.54) is 27.0 Å². The summed E-state index contributed by atoms with van der Waals surface area (Å²) in [6.07, 6.45) is 0. The van der Waals surface area contributed by atoms with E-state index < -0.39 is 7.26 Å². The van der Waals surface area contributed by atoms with E-state index in [0.717, 1.165) is 0 Å². The third-order valence-corrected chi connectivity index (χ3v) is 8.50. The Morgan fingerprint density at radius 2 is 1.14 bits per heavy atom. The van der Waals surface area contributed by atoms with E-state index >= 15 is 0 Å². The Labute approximate surface area is 134 Å². The van der Waals surface area contributed by atoms with Gasteiger partial charge in [-0.05, 0) is 55.3 Å². The van der Waals surface area contributed by atoms with Gasteiger partial charge in [0.1, 0.15) is 23.2 Å². The van der Waals surface area contributed by atoms with Gasteiger partial charge in [-0.2, -0.15) is 0 Å². The number of hydrogen-bond acceptors (Lipinski definition) is 0. The van der Waals surface area contributed by atoms with Crippen molar-refractivity contribution < 1.29 is 0 Å². The minimum absolute atomic E-state index is 1.33. The molecule has 0 aliphatic carbocycles. The first-order valence-corrected chi connectivity index (χ1v) is 9.91. The molecular weight excluding hydrogens is 283 g/mol. The molecule has 110 valence electrons. The molecule has 0 aliphatic heterocycles. The SMILES string of the molecule is Cc1ccc(C)c([P+](C)(c2ccccc2)c2ccccc2)c1. The summed E-state index contributed by atoms with van der Waals surface area (Å²) in [4.78, 5) is 0. The van der Waals surface area contributed by atoms with E-state index in [1.807, 2.05) is 0 Å². The molecule has 0 radical (unpaired) electrons. The third-order valence-electron chi connectivity index (χ3n) is 4.39. The molecule has 1 heteroatoms. The van der Waals surface area contributed by atoms with Gasteiger partial charge in [-0.1, -0.05) is 48.5 Å². The lowest BCUT2D eigenvalue weighted by atomic mass is 10.2. The van der Waals surface area contributed by atoms with Gasteiger partial charge in [0.2, 0.25) is 0 Å². The van der Waals surface area contributed by atoms with Gasteiger partial charge >= 0.3 is 0 Å². The monoisotopic (exact) mass is 305 g/mol. The molecule has 0 amide bonds. The fourth-order valence-corrected chi connectivity index (χ4v) is 6.71. The molecule has 3 aromatic rings. The summed E-state index contributed by atoms with van der Waals surface area (Å²) < 4.78 is 0. The van der Waals surface area contributed by atoms with Crippen LogP contribution in [-0.2, 0) is 0 Å². The van der Waals surface area contributed by atoms with Crippen molar-refractivity contribution in [3.8, 4) is 0 Å². The van der Waals surface area contributed by atoms with Crippen LogP contribution in [0.4, 0.5) is 0 Å². The maximum Gasteiger partial charge on any atom is 0.109 e. The number of benzene rings is 3. The topological polar surface area (TPSA) is 0 Å². The molecular formula is C21H22P+. The molecule has 3 aromatic carbocycles. The standard InChI is InChI=1S/C21H22P/c1-17-14-15-18(2)21(16-17)22(3,19-10-6-4-7-11-19)20-12-8-5-9-13-20/h4-16H,1-3H3/q+1. The van der Waals surface area contributed by atoms with Crippen LogP contribution < -0.4 is 15.9 Å². The Balaban J connectivity index is 2.31. The normalized spacial score (nSPS) is 11.4. The van der Waals surface area contributed by atoms with Crippen LogP contribution in [0.5, 0.6) is 0 Å². The molecule has 0 saturated heterocycles. The predicted molar refractivity (Wildman–Crippen MR) is 101 cm³/mol. The highest BCUT2D eigenvalue weighted by molar-refractivity contribution is 7.95. The van der Waals surface area contributed by atoms with Crippen LogP contribution in [0.2, 0.25) is 0 Å². The third kappa shape index (κ3) is 2.60. The first-order chi connectivity index (χ1) is 10.6. The van der Waals surface area contributed by atoms with E-state index in [2.05, 4.69) is 99.4 Å². The van der Waals surface area contributed by atoms with Crippen LogP contribution in [0.1, 0.15) is 11.1 Å². The molecule has 0 fully saturated rings. The van der Waals surface area contributed by atoms with Gasteiger partial charge in [0.15, 0.2) is 0 Å². The largest absolute Gasteiger partial charge is 0.109 e. The van der Waals surface area contributed by atoms with Crippen LogP contribution >= 0.6 is 7.26 Å². The lowest BCUT2D eigenvalue weighted by molar-refractivity contribution is 1.43. The molecule has 0 heterocycles. The van der Waals surface area contributed by atoms with Crippen LogP contribution in [0, 0.1) is 13.8 Å². The fraction of sp³-hybridized carbons (Fsp3) is 0.143. The molecule has 0 bridgehead atoms. The van der Waals surface area contributed by atoms with Crippen LogP contribution in [0.25, 0.3) is 0 Å². The summed E-state index contributed by atoms with van der Waals surface area (Å²) in [7, 11) is -1.59. The first-order valence-electron chi connectivity index (χ1n) is 7.68. The number of aryl methyl sites for hydroxylation is 2. The average molecular weight is 305 g/mol. The molecule has 0 aliphatic rings. The maximum absolute atomic E-state index is 2.44. The smallest absolute Gasteiger partial charge is 0.0620 e. The van der Waals surface area contributed by atoms with Crippen molar-refractivity contribution >= 4 is 23.2 Å². The summed E-state index contributed by atoms with van der Waals surface area (Å²) >= 11 is 0. The average Bonchev–Trinajstić information content (AvgIpc) is 2.58. The van der Waals surface area contributed by atoms with Gasteiger partial charge in [0, 0.05) is 0 Å². The summed E-state index contributed by atoms with van der Waals surface area (Å²) in [6, 6.07) is 28.8. The Bertz CT molecular complexity index is 721. The van der Waals surface area contributed by atoms with Crippen molar-refractivity contribution in [3.05, 3.63) is 90.0 Å². The van der Waals surface area contributed by atoms with Gasteiger partial charge in [-0.3, -0.25) is 0 Å². The predicted octanol–water partition coefficient (Wildman–Crippen LogP) is 4.23. The van der Waals surface area contributed by atoms with E-state index in [0.29, 0.717) is 0 Å². The van der Waals surface area contributed by atoms with Crippen molar-refractivity contribution in [1.29, 1.82) is 0 Å². The highest BCUT2D eigenvalue weighted by atomic mass is 31.2. The zero-order valence-corrected chi connectivity index (χ0v) is 14.3. The van der Waals surface area contributed by atoms with E-state index in [9.17, 15) is 0 Å². The van der Waals surface area contributed by atoms with E-state index in [1.54, 1.807) is 0 Å². The Hall–Kier alpha value is -1.91. The van der Waals surface area contributed by atoms with Crippen LogP contribution in [0.15, 0.2) is 78.9 Å². The van der Waals surface area contributed by atoms with Gasteiger partial charge in [0.05, 0.1) is 6.66 Å². The molecule has 0 aromatic heterocycles. The second-order valence-corrected chi connectivity index (χ2v) is 9.49. The zero-order valence-electron chi connectivity index (χ0n) is 13.5. The van der Waals surface area contributed by atoms with Gasteiger partial charge in [-0.25, -0.2) is 0 Å². The zero-order chi connectivity index (χ0) is 15.6. The molecule has 0 saturated carbocycles. The van der Waals surface area contributed by atoms with Crippen molar-refractivity contribution in [2.24, 2.45) is 0 Å². The van der Waals surface area contributed by atoms with Gasteiger partial charge in [0.25, 0.3) is 0 Å². The molecule has 22 heavy (non-hydrogen) atoms. The molecule has 0 atom stereocenters. The lowest BCUT2D eigenvalue weighted by Gasteiger charge is -2.25. The van der Waals surface area contributed by atoms with E-state index in [-0.39, 0.29) is 0 Å². The highest BCUT2D eigenvalue weighted by Crippen LogP contribution is 2.52. The van der Waals surface area contributed by atoms with Gasteiger partial charge < -0.3 is 0 Å². The molecule has 0 unspecified atom stereocenters. The lowest BCUT2D eigenvalue weighted by Crippen LogP contribution is -2.31. The van der Waals surface area contributed by atoms with Crippen molar-refractivity contribution in [2.45, 2.75) is 13.8 Å². The molecule has 0 nitrogen and oxygen atoms in total. The van der Waals surface area contributed by atoms with Crippen molar-refractivity contribution in [1.82, 2.24) is 0 Å². The minimum atomic E-state index is -1.59. The summed E-state index contributed by atoms with van der Waals surface area (Å²) in [6.45, 7) is 6.86. The molecule has 3 rings (SSSR count). The van der Waals surface area contributed by atoms with E-state index in [4.69, 9.17) is 0 Å². The Morgan fingerprint density at radius 1 is 0.636 bits per heavy atom. The maximum atomic E-state index is 2.44. The van der Waals surface area contributed by atoms with Crippen LogP contribution in [0.3, 0.4) is 0 Å². The second-order valence-electron chi connectivity index (χ2n) is 5.97. The Kier molecular flexibility index (Phi) is 4.14. The minimum Gasteiger partial charge on any atom is -0.0620 e. The highest BCUT2D eigenvalue weighted by Gasteiger charge is 2.41. The summed E-state index contributed by atoms with van der Waals surface area (Å²) in [5.41, 5.74) is 2.72. The molecule has 0 spiro atoms. The summed E-state index contributed by atoms with van der Waals surface area (Å²) in [5.74, 6) is 0. The fourth-order valence-electron chi connectivity index (χ4n) is 3.08. The summed E-state index contributed by atoms with van der Waals surface area (Å²) in [5, 5.41) is 4.37. The number of hydrogen-bond donors (Lipinski definition) is 0. The Morgan fingerprint density at radius 3 is 1.64 bits per heavy atom.